The van der Waals surface area contributed by atoms with Crippen LogP contribution < -0.4 is 0 Å². The zero-order valence-electron chi connectivity index (χ0n) is 8.02. The van der Waals surface area contributed by atoms with Gasteiger partial charge in [0.15, 0.2) is 0 Å². The molecule has 0 saturated heterocycles. The fraction of sp³-hybridized carbons (Fsp3) is 0.364. The van der Waals surface area contributed by atoms with Crippen LogP contribution in [0.25, 0.3) is 0 Å². The first-order valence-corrected chi connectivity index (χ1v) is 6.63. The highest BCUT2D eigenvalue weighted by molar-refractivity contribution is 9.09. The van der Waals surface area contributed by atoms with E-state index in [1.165, 1.54) is 11.1 Å². The Kier molecular flexibility index (Phi) is 4.82. The summed E-state index contributed by atoms with van der Waals surface area (Å²) in [7, 11) is 0. The van der Waals surface area contributed by atoms with Crippen molar-refractivity contribution in [3.8, 4) is 0 Å². The second-order valence-electron chi connectivity index (χ2n) is 3.24. The van der Waals surface area contributed by atoms with Gasteiger partial charge in [0.2, 0.25) is 0 Å². The summed E-state index contributed by atoms with van der Waals surface area (Å²) >= 11 is 6.57. The van der Waals surface area contributed by atoms with E-state index in [2.05, 4.69) is 44.0 Å². The fourth-order valence-corrected chi connectivity index (χ4v) is 1.85. The van der Waals surface area contributed by atoms with Crippen LogP contribution in [0.1, 0.15) is 16.7 Å². The molecule has 0 heterocycles. The standard InChI is InChI=1S/C11H12Br2O/c1-8-4-9(6-12)2-3-10(8)5-11(14)7-13/h2-4H,5-7H2,1H3. The van der Waals surface area contributed by atoms with E-state index in [-0.39, 0.29) is 5.78 Å². The first-order chi connectivity index (χ1) is 6.67. The third kappa shape index (κ3) is 3.21. The van der Waals surface area contributed by atoms with E-state index in [0.717, 1.165) is 10.9 Å². The summed E-state index contributed by atoms with van der Waals surface area (Å²) in [5, 5.41) is 1.30. The number of hydrogen-bond acceptors (Lipinski definition) is 1. The van der Waals surface area contributed by atoms with Gasteiger partial charge in [0.25, 0.3) is 0 Å². The van der Waals surface area contributed by atoms with E-state index < -0.39 is 0 Å². The van der Waals surface area contributed by atoms with E-state index in [1.807, 2.05) is 13.0 Å². The molecule has 14 heavy (non-hydrogen) atoms. The Hall–Kier alpha value is -0.150. The zero-order chi connectivity index (χ0) is 10.6. The summed E-state index contributed by atoms with van der Waals surface area (Å²) < 4.78 is 0. The van der Waals surface area contributed by atoms with E-state index in [1.54, 1.807) is 0 Å². The van der Waals surface area contributed by atoms with Gasteiger partial charge in [-0.25, -0.2) is 0 Å². The highest BCUT2D eigenvalue weighted by Crippen LogP contribution is 2.14. The van der Waals surface area contributed by atoms with E-state index in [9.17, 15) is 4.79 Å². The normalized spacial score (nSPS) is 10.2. The molecule has 0 radical (unpaired) electrons. The predicted octanol–water partition coefficient (Wildman–Crippen LogP) is 3.40. The van der Waals surface area contributed by atoms with E-state index in [0.29, 0.717) is 11.8 Å². The third-order valence-electron chi connectivity index (χ3n) is 2.10. The van der Waals surface area contributed by atoms with E-state index >= 15 is 0 Å². The molecule has 0 amide bonds. The molecule has 0 bridgehead atoms. The molecular formula is C11H12Br2O. The number of rotatable bonds is 4. The fourth-order valence-electron chi connectivity index (χ4n) is 1.30. The van der Waals surface area contributed by atoms with Crippen molar-refractivity contribution in [1.29, 1.82) is 0 Å². The van der Waals surface area contributed by atoms with Gasteiger partial charge in [-0.05, 0) is 23.6 Å². The first kappa shape index (κ1) is 11.9. The number of halogens is 2. The van der Waals surface area contributed by atoms with Gasteiger partial charge < -0.3 is 0 Å². The minimum atomic E-state index is 0.222. The van der Waals surface area contributed by atoms with Crippen LogP contribution in [0.4, 0.5) is 0 Å². The van der Waals surface area contributed by atoms with Crippen molar-refractivity contribution in [2.24, 2.45) is 0 Å². The summed E-state index contributed by atoms with van der Waals surface area (Å²) in [4.78, 5) is 11.2. The molecule has 3 heteroatoms. The SMILES string of the molecule is Cc1cc(CBr)ccc1CC(=O)CBr. The average molecular weight is 320 g/mol. The summed E-state index contributed by atoms with van der Waals surface area (Å²) in [6.07, 6.45) is 0.527. The summed E-state index contributed by atoms with van der Waals surface area (Å²) in [6, 6.07) is 6.21. The molecule has 0 aliphatic heterocycles. The molecule has 1 aromatic rings. The van der Waals surface area contributed by atoms with Gasteiger partial charge in [-0.3, -0.25) is 4.79 Å². The predicted molar refractivity (Wildman–Crippen MR) is 66.3 cm³/mol. The van der Waals surface area contributed by atoms with Gasteiger partial charge in [0, 0.05) is 11.8 Å². The largest absolute Gasteiger partial charge is 0.298 e. The Morgan fingerprint density at radius 3 is 2.57 bits per heavy atom. The maximum absolute atomic E-state index is 11.2. The maximum atomic E-state index is 11.2. The minimum absolute atomic E-state index is 0.222. The Morgan fingerprint density at radius 2 is 2.07 bits per heavy atom. The van der Waals surface area contributed by atoms with Crippen molar-refractivity contribution in [2.45, 2.75) is 18.7 Å². The lowest BCUT2D eigenvalue weighted by molar-refractivity contribution is -0.115. The second kappa shape index (κ2) is 5.66. The van der Waals surface area contributed by atoms with Gasteiger partial charge in [-0.15, -0.1) is 0 Å². The zero-order valence-corrected chi connectivity index (χ0v) is 11.2. The number of carbonyl (C=O) groups excluding carboxylic acids is 1. The summed E-state index contributed by atoms with van der Waals surface area (Å²) in [5.74, 6) is 0.222. The molecule has 0 saturated carbocycles. The number of Topliss-reactive ketones (excluding diaryl/α,β-unsaturated/α-hetero) is 1. The molecule has 0 spiro atoms. The maximum Gasteiger partial charge on any atom is 0.147 e. The van der Waals surface area contributed by atoms with Crippen molar-refractivity contribution >= 4 is 37.6 Å². The van der Waals surface area contributed by atoms with Gasteiger partial charge in [0.05, 0.1) is 5.33 Å². The van der Waals surface area contributed by atoms with Crippen LogP contribution in [-0.4, -0.2) is 11.1 Å². The highest BCUT2D eigenvalue weighted by Gasteiger charge is 2.04. The van der Waals surface area contributed by atoms with Crippen LogP contribution in [0, 0.1) is 6.92 Å². The molecule has 0 aliphatic rings. The van der Waals surface area contributed by atoms with Crippen molar-refractivity contribution in [3.63, 3.8) is 0 Å². The highest BCUT2D eigenvalue weighted by atomic mass is 79.9. The van der Waals surface area contributed by atoms with E-state index in [4.69, 9.17) is 0 Å². The van der Waals surface area contributed by atoms with Crippen molar-refractivity contribution in [1.82, 2.24) is 0 Å². The number of hydrogen-bond donors (Lipinski definition) is 0. The van der Waals surface area contributed by atoms with Crippen molar-refractivity contribution in [3.05, 3.63) is 34.9 Å². The molecular weight excluding hydrogens is 308 g/mol. The summed E-state index contributed by atoms with van der Waals surface area (Å²) in [6.45, 7) is 2.04. The lowest BCUT2D eigenvalue weighted by atomic mass is 10.0. The molecule has 1 rings (SSSR count). The smallest absolute Gasteiger partial charge is 0.147 e. The molecule has 1 nitrogen and oxygen atoms in total. The number of ketones is 1. The molecule has 0 atom stereocenters. The van der Waals surface area contributed by atoms with Crippen LogP contribution >= 0.6 is 31.9 Å². The topological polar surface area (TPSA) is 17.1 Å². The lowest BCUT2D eigenvalue weighted by Crippen LogP contribution is -2.05. The second-order valence-corrected chi connectivity index (χ2v) is 4.37. The Labute approximate surface area is 101 Å². The van der Waals surface area contributed by atoms with Crippen LogP contribution in [0.2, 0.25) is 0 Å². The average Bonchev–Trinajstić information content (AvgIpc) is 2.20. The van der Waals surface area contributed by atoms with Crippen molar-refractivity contribution < 1.29 is 4.79 Å². The van der Waals surface area contributed by atoms with Crippen LogP contribution in [-0.2, 0) is 16.5 Å². The number of benzene rings is 1. The van der Waals surface area contributed by atoms with Crippen LogP contribution in [0.5, 0.6) is 0 Å². The molecule has 0 N–H and O–H groups in total. The van der Waals surface area contributed by atoms with Crippen molar-refractivity contribution in [2.75, 3.05) is 5.33 Å². The Balaban J connectivity index is 2.83. The number of alkyl halides is 2. The lowest BCUT2D eigenvalue weighted by Gasteiger charge is -2.05. The van der Waals surface area contributed by atoms with Crippen LogP contribution in [0.3, 0.4) is 0 Å². The molecule has 0 aromatic heterocycles. The Bertz CT molecular complexity index is 334. The molecule has 76 valence electrons. The third-order valence-corrected chi connectivity index (χ3v) is 3.37. The minimum Gasteiger partial charge on any atom is -0.298 e. The van der Waals surface area contributed by atoms with Gasteiger partial charge in [-0.2, -0.15) is 0 Å². The molecule has 0 fully saturated rings. The van der Waals surface area contributed by atoms with Gasteiger partial charge in [0.1, 0.15) is 5.78 Å². The van der Waals surface area contributed by atoms with Gasteiger partial charge in [-0.1, -0.05) is 50.1 Å². The summed E-state index contributed by atoms with van der Waals surface area (Å²) in [5.41, 5.74) is 3.56. The molecule has 0 aliphatic carbocycles. The van der Waals surface area contributed by atoms with Gasteiger partial charge >= 0.3 is 0 Å². The molecule has 0 unspecified atom stereocenters. The number of carbonyl (C=O) groups is 1. The molecule has 1 aromatic carbocycles. The quantitative estimate of drug-likeness (QED) is 0.777. The van der Waals surface area contributed by atoms with Crippen LogP contribution in [0.15, 0.2) is 18.2 Å². The first-order valence-electron chi connectivity index (χ1n) is 4.39. The number of aryl methyl sites for hydroxylation is 1. The Morgan fingerprint density at radius 1 is 1.36 bits per heavy atom. The monoisotopic (exact) mass is 318 g/mol.